The Bertz CT molecular complexity index is 887. The molecule has 0 atom stereocenters. The molecule has 0 saturated heterocycles. The van der Waals surface area contributed by atoms with Crippen LogP contribution in [0, 0.1) is 5.82 Å². The number of methoxy groups -OCH3 is 1. The lowest BCUT2D eigenvalue weighted by molar-refractivity contribution is -0.677. The van der Waals surface area contributed by atoms with E-state index in [-0.39, 0.29) is 5.82 Å². The molecule has 0 radical (unpaired) electrons. The maximum absolute atomic E-state index is 13.6. The van der Waals surface area contributed by atoms with Crippen LogP contribution in [0.15, 0.2) is 57.8 Å². The van der Waals surface area contributed by atoms with Crippen molar-refractivity contribution in [2.45, 2.75) is 13.0 Å². The normalized spacial score (nSPS) is 10.8. The van der Waals surface area contributed by atoms with Crippen LogP contribution < -0.4 is 20.4 Å². The molecule has 0 fully saturated rings. The van der Waals surface area contributed by atoms with Gasteiger partial charge in [0.15, 0.2) is 0 Å². The van der Waals surface area contributed by atoms with Gasteiger partial charge in [-0.15, -0.1) is 0 Å². The SMILES string of the molecule is COc1ccc(-[n+]2[nH]oc(=O)c2CNCCc2ccccc2F)cc1. The molecular formula is C18H19FN3O3+. The molecular weight excluding hydrogens is 325 g/mol. The third-order valence-electron chi connectivity index (χ3n) is 3.89. The summed E-state index contributed by atoms with van der Waals surface area (Å²) in [4.78, 5) is 11.9. The third kappa shape index (κ3) is 3.95. The zero-order chi connectivity index (χ0) is 17.6. The first-order valence-electron chi connectivity index (χ1n) is 7.90. The van der Waals surface area contributed by atoms with Gasteiger partial charge in [-0.3, -0.25) is 4.52 Å². The number of rotatable bonds is 7. The van der Waals surface area contributed by atoms with Crippen LogP contribution in [0.1, 0.15) is 11.3 Å². The second-order valence-electron chi connectivity index (χ2n) is 5.48. The zero-order valence-electron chi connectivity index (χ0n) is 13.8. The van der Waals surface area contributed by atoms with E-state index in [1.165, 1.54) is 6.07 Å². The zero-order valence-corrected chi connectivity index (χ0v) is 13.8. The largest absolute Gasteiger partial charge is 0.497 e. The first kappa shape index (κ1) is 16.9. The highest BCUT2D eigenvalue weighted by Gasteiger charge is 2.22. The van der Waals surface area contributed by atoms with E-state index in [9.17, 15) is 9.18 Å². The Morgan fingerprint density at radius 1 is 1.20 bits per heavy atom. The summed E-state index contributed by atoms with van der Waals surface area (Å²) in [5.41, 5.74) is 1.37. The van der Waals surface area contributed by atoms with Crippen molar-refractivity contribution in [1.29, 1.82) is 0 Å². The number of benzene rings is 2. The standard InChI is InChI=1S/C18H18FN3O3/c1-24-15-8-6-14(7-9-15)22-17(18(23)25-21-22)12-20-11-10-13-4-2-3-5-16(13)19/h2-9,20H,10-12H2,1H3/p+1. The minimum Gasteiger partial charge on any atom is -0.497 e. The van der Waals surface area contributed by atoms with Crippen LogP contribution in [0.25, 0.3) is 5.69 Å². The number of halogens is 1. The maximum atomic E-state index is 13.6. The van der Waals surface area contributed by atoms with Gasteiger partial charge >= 0.3 is 11.3 Å². The fraction of sp³-hybridized carbons (Fsp3) is 0.222. The average Bonchev–Trinajstić information content (AvgIpc) is 3.01. The number of nitrogens with one attached hydrogen (secondary N) is 2. The van der Waals surface area contributed by atoms with E-state index in [2.05, 4.69) is 10.6 Å². The topological polar surface area (TPSA) is 71.1 Å². The van der Waals surface area contributed by atoms with Crippen LogP contribution in [-0.4, -0.2) is 18.9 Å². The Morgan fingerprint density at radius 3 is 2.68 bits per heavy atom. The summed E-state index contributed by atoms with van der Waals surface area (Å²) in [5.74, 6) is 0.499. The van der Waals surface area contributed by atoms with E-state index in [1.807, 2.05) is 12.1 Å². The summed E-state index contributed by atoms with van der Waals surface area (Å²) in [5, 5.41) is 5.73. The van der Waals surface area contributed by atoms with Crippen LogP contribution in [0.2, 0.25) is 0 Å². The second-order valence-corrected chi connectivity index (χ2v) is 5.48. The van der Waals surface area contributed by atoms with E-state index < -0.39 is 5.63 Å². The predicted octanol–water partition coefficient (Wildman–Crippen LogP) is 1.72. The molecule has 25 heavy (non-hydrogen) atoms. The summed E-state index contributed by atoms with van der Waals surface area (Å²) in [6.45, 7) is 0.834. The molecule has 2 aromatic carbocycles. The summed E-state index contributed by atoms with van der Waals surface area (Å²) in [6, 6.07) is 13.9. The number of aromatic amines is 1. The highest BCUT2D eigenvalue weighted by Crippen LogP contribution is 2.11. The van der Waals surface area contributed by atoms with Crippen LogP contribution in [-0.2, 0) is 13.0 Å². The van der Waals surface area contributed by atoms with Gasteiger partial charge in [0.05, 0.1) is 13.7 Å². The fourth-order valence-electron chi connectivity index (χ4n) is 2.51. The van der Waals surface area contributed by atoms with Gasteiger partial charge in [0, 0.05) is 12.1 Å². The molecule has 1 aromatic heterocycles. The van der Waals surface area contributed by atoms with Gasteiger partial charge in [0.2, 0.25) is 5.69 Å². The predicted molar refractivity (Wildman–Crippen MR) is 89.2 cm³/mol. The molecule has 0 spiro atoms. The molecule has 0 aliphatic rings. The molecule has 0 aliphatic heterocycles. The first-order chi connectivity index (χ1) is 12.2. The molecule has 0 aliphatic carbocycles. The van der Waals surface area contributed by atoms with Gasteiger partial charge in [-0.1, -0.05) is 18.2 Å². The number of H-pyrrole nitrogens is 1. The van der Waals surface area contributed by atoms with E-state index >= 15 is 0 Å². The lowest BCUT2D eigenvalue weighted by Gasteiger charge is -2.03. The van der Waals surface area contributed by atoms with Crippen molar-refractivity contribution in [2.24, 2.45) is 0 Å². The number of nitrogens with zero attached hydrogens (tertiary/aromatic N) is 1. The summed E-state index contributed by atoms with van der Waals surface area (Å²) < 4.78 is 25.2. The van der Waals surface area contributed by atoms with Crippen molar-refractivity contribution >= 4 is 0 Å². The fourth-order valence-corrected chi connectivity index (χ4v) is 2.51. The van der Waals surface area contributed by atoms with E-state index in [0.717, 1.165) is 11.4 Å². The molecule has 3 aromatic rings. The van der Waals surface area contributed by atoms with E-state index in [1.54, 1.807) is 42.1 Å². The molecule has 7 heteroatoms. The van der Waals surface area contributed by atoms with Gasteiger partial charge in [-0.2, -0.15) is 0 Å². The van der Waals surface area contributed by atoms with Gasteiger partial charge in [0.25, 0.3) is 0 Å². The molecule has 0 amide bonds. The minimum atomic E-state index is -0.450. The van der Waals surface area contributed by atoms with Crippen molar-refractivity contribution in [3.63, 3.8) is 0 Å². The molecule has 130 valence electrons. The molecule has 2 N–H and O–H groups in total. The minimum absolute atomic E-state index is 0.223. The smallest absolute Gasteiger partial charge is 0.431 e. The van der Waals surface area contributed by atoms with Crippen LogP contribution in [0.4, 0.5) is 4.39 Å². The average molecular weight is 344 g/mol. The molecule has 0 unspecified atom stereocenters. The van der Waals surface area contributed by atoms with Crippen molar-refractivity contribution in [3.05, 3.63) is 76.0 Å². The molecule has 1 heterocycles. The Morgan fingerprint density at radius 2 is 1.96 bits per heavy atom. The van der Waals surface area contributed by atoms with Gasteiger partial charge in [-0.25, -0.2) is 9.18 Å². The Hall–Kier alpha value is -2.93. The molecule has 6 nitrogen and oxygen atoms in total. The maximum Gasteiger partial charge on any atom is 0.431 e. The third-order valence-corrected chi connectivity index (χ3v) is 3.89. The lowest BCUT2D eigenvalue weighted by Crippen LogP contribution is -2.41. The Kier molecular flexibility index (Phi) is 5.25. The molecule has 0 bridgehead atoms. The van der Waals surface area contributed by atoms with Crippen LogP contribution in [0.3, 0.4) is 0 Å². The van der Waals surface area contributed by atoms with Gasteiger partial charge in [0.1, 0.15) is 11.6 Å². The highest BCUT2D eigenvalue weighted by molar-refractivity contribution is 5.31. The van der Waals surface area contributed by atoms with Crippen molar-refractivity contribution < 1.29 is 18.3 Å². The Labute approximate surface area is 143 Å². The summed E-state index contributed by atoms with van der Waals surface area (Å²) >= 11 is 0. The second kappa shape index (κ2) is 7.76. The number of hydrogen-bond acceptors (Lipinski definition) is 4. The van der Waals surface area contributed by atoms with Crippen molar-refractivity contribution in [3.8, 4) is 11.4 Å². The van der Waals surface area contributed by atoms with Gasteiger partial charge in [-0.05, 0) is 46.7 Å². The lowest BCUT2D eigenvalue weighted by atomic mass is 10.1. The van der Waals surface area contributed by atoms with E-state index in [0.29, 0.717) is 30.8 Å². The number of aromatic nitrogens is 2. The van der Waals surface area contributed by atoms with E-state index in [4.69, 9.17) is 9.26 Å². The monoisotopic (exact) mass is 344 g/mol. The molecule has 0 saturated carbocycles. The van der Waals surface area contributed by atoms with Crippen molar-refractivity contribution in [1.82, 2.24) is 10.6 Å². The first-order valence-corrected chi connectivity index (χ1v) is 7.90. The highest BCUT2D eigenvalue weighted by atomic mass is 19.1. The quantitative estimate of drug-likeness (QED) is 0.506. The number of ether oxygens (including phenoxy) is 1. The van der Waals surface area contributed by atoms with Gasteiger partial charge < -0.3 is 10.1 Å². The Balaban J connectivity index is 1.65. The summed E-state index contributed by atoms with van der Waals surface area (Å²) in [7, 11) is 1.59. The van der Waals surface area contributed by atoms with Crippen molar-refractivity contribution in [2.75, 3.05) is 13.7 Å². The van der Waals surface area contributed by atoms with Crippen LogP contribution in [0.5, 0.6) is 5.75 Å². The molecule has 3 rings (SSSR count). The number of hydrogen-bond donors (Lipinski definition) is 2. The summed E-state index contributed by atoms with van der Waals surface area (Å²) in [6.07, 6.45) is 0.533. The van der Waals surface area contributed by atoms with Crippen LogP contribution >= 0.6 is 0 Å².